The first-order valence-electron chi connectivity index (χ1n) is 9.26. The van der Waals surface area contributed by atoms with Gasteiger partial charge in [0.25, 0.3) is 5.91 Å². The second-order valence-corrected chi connectivity index (χ2v) is 8.38. The molecule has 0 bridgehead atoms. The number of ether oxygens (including phenoxy) is 1. The molecule has 30 heavy (non-hydrogen) atoms. The number of carbonyl (C=O) groups is 2. The standard InChI is InChI=1S/C24H18ClNO3S/c1-14-20(16-9-5-10-17(25)13-16)21(24(28)29-2)23(30-14)26-22(27)19-12-6-8-15-7-3-4-11-18(15)19/h3-13H,1-2H3,(H,26,27). The van der Waals surface area contributed by atoms with E-state index in [0.29, 0.717) is 26.7 Å². The van der Waals surface area contributed by atoms with Gasteiger partial charge in [-0.05, 0) is 41.5 Å². The topological polar surface area (TPSA) is 55.4 Å². The minimum Gasteiger partial charge on any atom is -0.465 e. The van der Waals surface area contributed by atoms with Gasteiger partial charge < -0.3 is 10.1 Å². The average Bonchev–Trinajstić information content (AvgIpc) is 3.08. The fourth-order valence-corrected chi connectivity index (χ4v) is 4.76. The summed E-state index contributed by atoms with van der Waals surface area (Å²) in [6.45, 7) is 1.90. The largest absolute Gasteiger partial charge is 0.465 e. The molecule has 1 amide bonds. The van der Waals surface area contributed by atoms with Crippen molar-refractivity contribution in [2.45, 2.75) is 6.92 Å². The molecule has 4 nitrogen and oxygen atoms in total. The Morgan fingerprint density at radius 1 is 1.00 bits per heavy atom. The van der Waals surface area contributed by atoms with Crippen molar-refractivity contribution in [3.05, 3.63) is 87.8 Å². The number of anilines is 1. The molecule has 6 heteroatoms. The highest BCUT2D eigenvalue weighted by Gasteiger charge is 2.25. The lowest BCUT2D eigenvalue weighted by Crippen LogP contribution is -2.14. The highest BCUT2D eigenvalue weighted by atomic mass is 35.5. The van der Waals surface area contributed by atoms with Crippen molar-refractivity contribution in [3.63, 3.8) is 0 Å². The number of hydrogen-bond donors (Lipinski definition) is 1. The molecule has 0 atom stereocenters. The van der Waals surface area contributed by atoms with Crippen LogP contribution in [-0.4, -0.2) is 19.0 Å². The van der Waals surface area contributed by atoms with E-state index in [2.05, 4.69) is 5.32 Å². The number of nitrogens with one attached hydrogen (secondary N) is 1. The van der Waals surface area contributed by atoms with E-state index < -0.39 is 5.97 Å². The fraction of sp³-hybridized carbons (Fsp3) is 0.0833. The van der Waals surface area contributed by atoms with Gasteiger partial charge in [-0.15, -0.1) is 11.3 Å². The summed E-state index contributed by atoms with van der Waals surface area (Å²) in [6, 6.07) is 20.5. The van der Waals surface area contributed by atoms with E-state index >= 15 is 0 Å². The van der Waals surface area contributed by atoms with Gasteiger partial charge in [0, 0.05) is 21.0 Å². The molecule has 1 aromatic heterocycles. The van der Waals surface area contributed by atoms with Crippen molar-refractivity contribution < 1.29 is 14.3 Å². The third-order valence-electron chi connectivity index (χ3n) is 4.85. The van der Waals surface area contributed by atoms with Gasteiger partial charge in [-0.2, -0.15) is 0 Å². The monoisotopic (exact) mass is 435 g/mol. The number of amides is 1. The first-order chi connectivity index (χ1) is 14.5. The van der Waals surface area contributed by atoms with Crippen LogP contribution in [0, 0.1) is 6.92 Å². The molecular weight excluding hydrogens is 418 g/mol. The Balaban J connectivity index is 1.80. The zero-order valence-electron chi connectivity index (χ0n) is 16.4. The van der Waals surface area contributed by atoms with Crippen LogP contribution in [0.25, 0.3) is 21.9 Å². The second-order valence-electron chi connectivity index (χ2n) is 6.72. The third kappa shape index (κ3) is 3.70. The Bertz CT molecular complexity index is 1270. The molecule has 0 saturated carbocycles. The van der Waals surface area contributed by atoms with Crippen LogP contribution in [0.3, 0.4) is 0 Å². The van der Waals surface area contributed by atoms with E-state index in [0.717, 1.165) is 21.2 Å². The summed E-state index contributed by atoms with van der Waals surface area (Å²) in [5, 5.41) is 5.76. The van der Waals surface area contributed by atoms with Gasteiger partial charge in [-0.25, -0.2) is 4.79 Å². The van der Waals surface area contributed by atoms with Crippen LogP contribution in [-0.2, 0) is 4.74 Å². The van der Waals surface area contributed by atoms with Crippen LogP contribution < -0.4 is 5.32 Å². The summed E-state index contributed by atoms with van der Waals surface area (Å²) in [4.78, 5) is 26.7. The number of hydrogen-bond acceptors (Lipinski definition) is 4. The van der Waals surface area contributed by atoms with E-state index in [1.807, 2.05) is 55.5 Å². The summed E-state index contributed by atoms with van der Waals surface area (Å²) in [7, 11) is 1.33. The summed E-state index contributed by atoms with van der Waals surface area (Å²) in [5.74, 6) is -0.793. The van der Waals surface area contributed by atoms with Crippen molar-refractivity contribution in [1.82, 2.24) is 0 Å². The molecule has 0 spiro atoms. The maximum atomic E-state index is 13.1. The Hall–Kier alpha value is -3.15. The minimum absolute atomic E-state index is 0.282. The van der Waals surface area contributed by atoms with Gasteiger partial charge in [0.1, 0.15) is 10.6 Å². The number of aryl methyl sites for hydroxylation is 1. The number of thiophene rings is 1. The van der Waals surface area contributed by atoms with E-state index in [-0.39, 0.29) is 5.91 Å². The van der Waals surface area contributed by atoms with Gasteiger partial charge in [-0.3, -0.25) is 4.79 Å². The number of fused-ring (bicyclic) bond motifs is 1. The van der Waals surface area contributed by atoms with E-state index in [1.165, 1.54) is 18.4 Å². The predicted octanol–water partition coefficient (Wildman–Crippen LogP) is 6.57. The van der Waals surface area contributed by atoms with Gasteiger partial charge in [0.05, 0.1) is 7.11 Å². The minimum atomic E-state index is -0.512. The summed E-state index contributed by atoms with van der Waals surface area (Å²) in [6.07, 6.45) is 0. The Kier molecular flexibility index (Phi) is 5.57. The van der Waals surface area contributed by atoms with E-state index in [4.69, 9.17) is 16.3 Å². The molecule has 3 aromatic carbocycles. The number of halogens is 1. The molecule has 1 N–H and O–H groups in total. The molecular formula is C24H18ClNO3S. The second kappa shape index (κ2) is 8.30. The molecule has 1 heterocycles. The Morgan fingerprint density at radius 2 is 1.73 bits per heavy atom. The SMILES string of the molecule is COC(=O)c1c(NC(=O)c2cccc3ccccc23)sc(C)c1-c1cccc(Cl)c1. The van der Waals surface area contributed by atoms with Crippen LogP contribution in [0.2, 0.25) is 5.02 Å². The van der Waals surface area contributed by atoms with Crippen molar-refractivity contribution >= 4 is 50.6 Å². The molecule has 0 saturated heterocycles. The summed E-state index contributed by atoms with van der Waals surface area (Å²) in [5.41, 5.74) is 2.38. The molecule has 0 radical (unpaired) electrons. The van der Waals surface area contributed by atoms with Crippen molar-refractivity contribution in [2.24, 2.45) is 0 Å². The lowest BCUT2D eigenvalue weighted by Gasteiger charge is -2.10. The van der Waals surface area contributed by atoms with Gasteiger partial charge >= 0.3 is 5.97 Å². The predicted molar refractivity (Wildman–Crippen MR) is 123 cm³/mol. The van der Waals surface area contributed by atoms with Crippen LogP contribution in [0.4, 0.5) is 5.00 Å². The first-order valence-corrected chi connectivity index (χ1v) is 10.5. The van der Waals surface area contributed by atoms with Crippen molar-refractivity contribution in [3.8, 4) is 11.1 Å². The highest BCUT2D eigenvalue weighted by molar-refractivity contribution is 7.17. The van der Waals surface area contributed by atoms with Gasteiger partial charge in [0.15, 0.2) is 0 Å². The van der Waals surface area contributed by atoms with Gasteiger partial charge in [-0.1, -0.05) is 60.1 Å². The molecule has 0 aliphatic rings. The average molecular weight is 436 g/mol. The number of esters is 1. The molecule has 4 aromatic rings. The Labute approximate surface area is 183 Å². The van der Waals surface area contributed by atoms with E-state index in [1.54, 1.807) is 18.2 Å². The molecule has 0 unspecified atom stereocenters. The van der Waals surface area contributed by atoms with Crippen LogP contribution in [0.1, 0.15) is 25.6 Å². The number of methoxy groups -OCH3 is 1. The number of carbonyl (C=O) groups excluding carboxylic acids is 2. The molecule has 4 rings (SSSR count). The Morgan fingerprint density at radius 3 is 2.50 bits per heavy atom. The fourth-order valence-electron chi connectivity index (χ4n) is 3.51. The first kappa shape index (κ1) is 20.1. The van der Waals surface area contributed by atoms with Gasteiger partial charge in [0.2, 0.25) is 0 Å². The number of benzene rings is 3. The lowest BCUT2D eigenvalue weighted by atomic mass is 10.0. The summed E-state index contributed by atoms with van der Waals surface area (Å²) >= 11 is 7.49. The zero-order chi connectivity index (χ0) is 21.3. The molecule has 150 valence electrons. The maximum absolute atomic E-state index is 13.1. The summed E-state index contributed by atoms with van der Waals surface area (Å²) < 4.78 is 5.02. The zero-order valence-corrected chi connectivity index (χ0v) is 17.9. The third-order valence-corrected chi connectivity index (χ3v) is 6.10. The van der Waals surface area contributed by atoms with Crippen molar-refractivity contribution in [1.29, 1.82) is 0 Å². The lowest BCUT2D eigenvalue weighted by molar-refractivity contribution is 0.0603. The number of rotatable bonds is 4. The molecule has 0 fully saturated rings. The van der Waals surface area contributed by atoms with Crippen LogP contribution in [0.5, 0.6) is 0 Å². The van der Waals surface area contributed by atoms with Crippen LogP contribution >= 0.6 is 22.9 Å². The smallest absolute Gasteiger partial charge is 0.341 e. The van der Waals surface area contributed by atoms with E-state index in [9.17, 15) is 9.59 Å². The quantitative estimate of drug-likeness (QED) is 0.369. The molecule has 0 aliphatic heterocycles. The van der Waals surface area contributed by atoms with Crippen molar-refractivity contribution in [2.75, 3.05) is 12.4 Å². The highest BCUT2D eigenvalue weighted by Crippen LogP contribution is 2.41. The maximum Gasteiger partial charge on any atom is 0.341 e. The van der Waals surface area contributed by atoms with Crippen LogP contribution in [0.15, 0.2) is 66.7 Å². The molecule has 0 aliphatic carbocycles. The normalized spacial score (nSPS) is 10.8.